The zero-order chi connectivity index (χ0) is 27.2. The van der Waals surface area contributed by atoms with E-state index in [2.05, 4.69) is 9.97 Å². The lowest BCUT2D eigenvalue weighted by molar-refractivity contribution is -0.0614. The summed E-state index contributed by atoms with van der Waals surface area (Å²) in [5, 5.41) is 0. The molecule has 7 nitrogen and oxygen atoms in total. The highest BCUT2D eigenvalue weighted by Gasteiger charge is 2.65. The van der Waals surface area contributed by atoms with Gasteiger partial charge in [0.1, 0.15) is 22.0 Å². The number of hydrogen-bond donors (Lipinski definition) is 1. The first-order valence-corrected chi connectivity index (χ1v) is 12.8. The van der Waals surface area contributed by atoms with E-state index in [-0.39, 0.29) is 34.6 Å². The predicted molar refractivity (Wildman–Crippen MR) is 127 cm³/mol. The van der Waals surface area contributed by atoms with Crippen molar-refractivity contribution in [2.75, 3.05) is 19.4 Å². The summed E-state index contributed by atoms with van der Waals surface area (Å²) < 4.78 is 89.7. The Bertz CT molecular complexity index is 1620. The van der Waals surface area contributed by atoms with E-state index in [1.54, 1.807) is 0 Å². The number of imidazole rings is 1. The summed E-state index contributed by atoms with van der Waals surface area (Å²) in [6, 6.07) is 2.92. The minimum atomic E-state index is -9.96. The van der Waals surface area contributed by atoms with E-state index in [1.165, 1.54) is 43.9 Å². The van der Waals surface area contributed by atoms with Gasteiger partial charge in [0.05, 0.1) is 47.4 Å². The van der Waals surface area contributed by atoms with E-state index < -0.39 is 38.5 Å². The highest BCUT2D eigenvalue weighted by atomic mass is 32.5. The zero-order valence-electron chi connectivity index (χ0n) is 19.7. The summed E-state index contributed by atoms with van der Waals surface area (Å²) in [5.41, 5.74) is 5.21. The number of amides is 1. The van der Waals surface area contributed by atoms with Crippen molar-refractivity contribution in [1.82, 2.24) is 19.3 Å². The molecule has 1 aliphatic rings. The van der Waals surface area contributed by atoms with Crippen LogP contribution in [0.15, 0.2) is 47.8 Å². The molecule has 0 unspecified atom stereocenters. The van der Waals surface area contributed by atoms with E-state index in [1.807, 2.05) is 0 Å². The predicted octanol–water partition coefficient (Wildman–Crippen LogP) is 6.34. The van der Waals surface area contributed by atoms with Crippen molar-refractivity contribution < 1.29 is 33.4 Å². The fraction of sp³-hybridized carbons (Fsp3) is 0.261. The third-order valence-electron chi connectivity index (χ3n) is 6.56. The van der Waals surface area contributed by atoms with Gasteiger partial charge in [-0.05, 0) is 43.2 Å². The molecule has 3 heterocycles. The van der Waals surface area contributed by atoms with Gasteiger partial charge in [0.2, 0.25) is 0 Å². The van der Waals surface area contributed by atoms with Gasteiger partial charge in [-0.3, -0.25) is 9.20 Å². The Labute approximate surface area is 206 Å². The normalized spacial score (nSPS) is 19.3. The topological polar surface area (TPSA) is 85.8 Å². The summed E-state index contributed by atoms with van der Waals surface area (Å²) in [7, 11) is -8.64. The molecule has 1 atom stereocenters. The van der Waals surface area contributed by atoms with Crippen molar-refractivity contribution in [1.29, 1.82) is 0 Å². The largest absolute Gasteiger partial charge is 0.382 e. The second-order valence-corrected chi connectivity index (χ2v) is 11.8. The molecule has 198 valence electrons. The van der Waals surface area contributed by atoms with Crippen LogP contribution in [0.5, 0.6) is 0 Å². The number of nitrogens with two attached hydrogens (primary N) is 1. The number of rotatable bonds is 3. The van der Waals surface area contributed by atoms with Gasteiger partial charge in [0, 0.05) is 13.1 Å². The van der Waals surface area contributed by atoms with Crippen LogP contribution in [-0.2, 0) is 10.3 Å². The molecule has 1 aliphatic heterocycles. The molecule has 1 amide bonds. The maximum atomic E-state index is 15.1. The second-order valence-electron chi connectivity index (χ2n) is 9.44. The number of fused-ring (bicyclic) bond motifs is 4. The molecule has 0 radical (unpaired) electrons. The fourth-order valence-electron chi connectivity index (χ4n) is 4.56. The number of anilines is 1. The first-order valence-electron chi connectivity index (χ1n) is 10.9. The summed E-state index contributed by atoms with van der Waals surface area (Å²) in [6.07, 6.45) is 2.88. The number of hydrogen-bond acceptors (Lipinski definition) is 5. The average molecular weight is 546 g/mol. The maximum absolute atomic E-state index is 15.1. The SMILES string of the molecule is CN(C(=O)c1cc2c(cc1F)nc(N)c1cncn12)[C@@H]1COC(C)(C)c2cc(S(F)(F)(F)(F)F)ccc21. The molecular weight excluding hydrogens is 524 g/mol. The van der Waals surface area contributed by atoms with Gasteiger partial charge in [0.15, 0.2) is 0 Å². The van der Waals surface area contributed by atoms with Gasteiger partial charge in [-0.15, -0.1) is 0 Å². The lowest BCUT2D eigenvalue weighted by atomic mass is 9.86. The monoisotopic (exact) mass is 545 g/mol. The van der Waals surface area contributed by atoms with E-state index in [0.717, 1.165) is 17.0 Å². The van der Waals surface area contributed by atoms with Crippen LogP contribution in [0.1, 0.15) is 41.4 Å². The van der Waals surface area contributed by atoms with Crippen molar-refractivity contribution >= 4 is 38.5 Å². The van der Waals surface area contributed by atoms with Gasteiger partial charge in [-0.1, -0.05) is 25.5 Å². The van der Waals surface area contributed by atoms with Crippen molar-refractivity contribution in [3.8, 4) is 0 Å². The van der Waals surface area contributed by atoms with Crippen LogP contribution in [0.25, 0.3) is 16.6 Å². The van der Waals surface area contributed by atoms with Gasteiger partial charge < -0.3 is 15.4 Å². The molecule has 0 spiro atoms. The average Bonchev–Trinajstić information content (AvgIpc) is 3.27. The van der Waals surface area contributed by atoms with Crippen molar-refractivity contribution in [3.63, 3.8) is 0 Å². The van der Waals surface area contributed by atoms with E-state index >= 15 is 4.39 Å². The van der Waals surface area contributed by atoms with Gasteiger partial charge in [-0.2, -0.15) is 0 Å². The Hall–Kier alpha value is -3.52. The molecule has 0 saturated carbocycles. The number of carbonyl (C=O) groups excluding carboxylic acids is 1. The molecular formula is C23H21F6N5O2S. The van der Waals surface area contributed by atoms with Crippen LogP contribution in [0.3, 0.4) is 0 Å². The molecule has 2 aromatic heterocycles. The number of nitrogen functional groups attached to an aromatic ring is 1. The third-order valence-corrected chi connectivity index (χ3v) is 7.71. The van der Waals surface area contributed by atoms with Gasteiger partial charge in [-0.25, -0.2) is 14.4 Å². The first-order chi connectivity index (χ1) is 16.9. The molecule has 0 aliphatic carbocycles. The number of benzene rings is 2. The van der Waals surface area contributed by atoms with Crippen molar-refractivity contribution in [2.45, 2.75) is 30.4 Å². The van der Waals surface area contributed by atoms with Crippen molar-refractivity contribution in [3.05, 3.63) is 65.4 Å². The molecule has 5 rings (SSSR count). The third kappa shape index (κ3) is 4.13. The Morgan fingerprint density at radius 1 is 1.16 bits per heavy atom. The van der Waals surface area contributed by atoms with Crippen LogP contribution in [-0.4, -0.2) is 38.8 Å². The highest BCUT2D eigenvalue weighted by Crippen LogP contribution is 3.02. The number of aromatic nitrogens is 3. The van der Waals surface area contributed by atoms with E-state index in [4.69, 9.17) is 10.5 Å². The molecule has 0 bridgehead atoms. The number of halogens is 6. The van der Waals surface area contributed by atoms with E-state index in [0.29, 0.717) is 23.2 Å². The van der Waals surface area contributed by atoms with Crippen LogP contribution in [0.4, 0.5) is 29.6 Å². The quantitative estimate of drug-likeness (QED) is 0.304. The molecule has 0 fully saturated rings. The fourth-order valence-corrected chi connectivity index (χ4v) is 5.22. The zero-order valence-corrected chi connectivity index (χ0v) is 20.5. The smallest absolute Gasteiger partial charge is 0.310 e. The molecule has 2 aromatic carbocycles. The summed E-state index contributed by atoms with van der Waals surface area (Å²) in [5.74, 6) is -1.59. The van der Waals surface area contributed by atoms with E-state index in [9.17, 15) is 24.2 Å². The molecule has 2 N–H and O–H groups in total. The minimum absolute atomic E-state index is 0.116. The number of ether oxygens (including phenoxy) is 1. The van der Waals surface area contributed by atoms with Gasteiger partial charge in [0.25, 0.3) is 5.91 Å². The first kappa shape index (κ1) is 25.1. The second kappa shape index (κ2) is 7.07. The van der Waals surface area contributed by atoms with Crippen LogP contribution >= 0.6 is 10.2 Å². The van der Waals surface area contributed by atoms with Gasteiger partial charge >= 0.3 is 10.2 Å². The van der Waals surface area contributed by atoms with Crippen LogP contribution < -0.4 is 5.73 Å². The number of carbonyl (C=O) groups is 1. The molecule has 37 heavy (non-hydrogen) atoms. The maximum Gasteiger partial charge on any atom is 0.310 e. The Morgan fingerprint density at radius 2 is 1.86 bits per heavy atom. The Kier molecular flexibility index (Phi) is 4.80. The summed E-state index contributed by atoms with van der Waals surface area (Å²) in [4.78, 5) is 20.6. The molecule has 0 saturated heterocycles. The lowest BCUT2D eigenvalue weighted by Gasteiger charge is -2.44. The van der Waals surface area contributed by atoms with Crippen LogP contribution in [0, 0.1) is 5.82 Å². The lowest BCUT2D eigenvalue weighted by Crippen LogP contribution is -2.41. The Morgan fingerprint density at radius 3 is 2.54 bits per heavy atom. The number of nitrogens with zero attached hydrogens (tertiary/aromatic N) is 4. The Balaban J connectivity index is 1.59. The molecule has 4 aromatic rings. The van der Waals surface area contributed by atoms with Crippen molar-refractivity contribution in [2.24, 2.45) is 0 Å². The summed E-state index contributed by atoms with van der Waals surface area (Å²) in [6.45, 7) is 2.73. The number of likely N-dealkylation sites (N-methyl/N-ethyl adjacent to an activating group) is 1. The minimum Gasteiger partial charge on any atom is -0.382 e. The molecule has 14 heteroatoms. The van der Waals surface area contributed by atoms with Crippen LogP contribution in [0.2, 0.25) is 0 Å². The standard InChI is InChI=1S/C23H21F6N5O2S/c1-23(2)15-6-12(37(25,26,27,28)29)4-5-13(15)20(10-36-23)33(3)22(35)14-7-18-17(8-16(14)24)32-21(30)19-9-31-11-34(18)19/h4-9,11,20H,10H2,1-3H3,(H2,30,32)/t20-/m1/s1. The summed E-state index contributed by atoms with van der Waals surface area (Å²) >= 11 is 0. The highest BCUT2D eigenvalue weighted by molar-refractivity contribution is 8.45.